The molecule has 3 fully saturated rings. The van der Waals surface area contributed by atoms with Gasteiger partial charge in [0.1, 0.15) is 12.4 Å². The number of hydrogen-bond acceptors (Lipinski definition) is 4. The molecular weight excluding hydrogens is 447 g/mol. The first kappa shape index (κ1) is 20.0. The minimum absolute atomic E-state index is 0.174. The molecule has 4 aliphatic carbocycles. The summed E-state index contributed by atoms with van der Waals surface area (Å²) < 4.78 is 5.95. The molecule has 2 saturated carbocycles. The van der Waals surface area contributed by atoms with Crippen LogP contribution in [-0.4, -0.2) is 23.0 Å². The van der Waals surface area contributed by atoms with E-state index in [1.54, 1.807) is 12.1 Å². The van der Waals surface area contributed by atoms with E-state index in [1.807, 2.05) is 30.3 Å². The van der Waals surface area contributed by atoms with Crippen LogP contribution in [0.15, 0.2) is 59.7 Å². The van der Waals surface area contributed by atoms with Gasteiger partial charge in [0.25, 0.3) is 11.8 Å². The number of ether oxygens (including phenoxy) is 1. The Morgan fingerprint density at radius 1 is 1.00 bits per heavy atom. The van der Waals surface area contributed by atoms with Gasteiger partial charge in [-0.05, 0) is 54.4 Å². The van der Waals surface area contributed by atoms with Crippen LogP contribution in [-0.2, 0) is 16.2 Å². The minimum atomic E-state index is -0.253. The molecule has 2 aromatic rings. The van der Waals surface area contributed by atoms with Gasteiger partial charge in [0.15, 0.2) is 0 Å². The number of carbonyl (C=O) groups excluding carboxylic acids is 2. The van der Waals surface area contributed by atoms with Crippen molar-refractivity contribution in [3.63, 3.8) is 0 Å². The summed E-state index contributed by atoms with van der Waals surface area (Å²) in [6, 6.07) is 12.6. The highest BCUT2D eigenvalue weighted by Gasteiger charge is 2.67. The zero-order chi connectivity index (χ0) is 22.0. The molecule has 1 saturated heterocycles. The second-order valence-corrected chi connectivity index (χ2v) is 9.79. The average Bonchev–Trinajstić information content (AvgIpc) is 3.57. The van der Waals surface area contributed by atoms with E-state index in [9.17, 15) is 9.59 Å². The zero-order valence-corrected chi connectivity index (χ0v) is 18.5. The number of hydrazone groups is 1. The van der Waals surface area contributed by atoms with Crippen molar-refractivity contribution >= 4 is 41.2 Å². The van der Waals surface area contributed by atoms with Gasteiger partial charge in [-0.15, -0.1) is 0 Å². The number of hydrogen-bond donors (Lipinski definition) is 0. The van der Waals surface area contributed by atoms with Crippen LogP contribution >= 0.6 is 23.2 Å². The fraction of sp³-hybridized carbons (Fsp3) is 0.320. The van der Waals surface area contributed by atoms with E-state index in [0.29, 0.717) is 33.2 Å². The summed E-state index contributed by atoms with van der Waals surface area (Å²) in [6.07, 6.45) is 6.98. The number of imide groups is 1. The van der Waals surface area contributed by atoms with Gasteiger partial charge in [0, 0.05) is 21.2 Å². The summed E-state index contributed by atoms with van der Waals surface area (Å²) in [4.78, 5) is 26.2. The maximum absolute atomic E-state index is 13.1. The smallest absolute Gasteiger partial charge is 0.254 e. The van der Waals surface area contributed by atoms with Gasteiger partial charge in [-0.1, -0.05) is 53.6 Å². The summed E-state index contributed by atoms with van der Waals surface area (Å²) in [7, 11) is 0. The van der Waals surface area contributed by atoms with Crippen molar-refractivity contribution in [3.8, 4) is 5.75 Å². The lowest BCUT2D eigenvalue weighted by Gasteiger charge is -2.37. The van der Waals surface area contributed by atoms with Crippen molar-refractivity contribution in [1.29, 1.82) is 0 Å². The van der Waals surface area contributed by atoms with E-state index in [-0.39, 0.29) is 42.1 Å². The first-order chi connectivity index (χ1) is 15.5. The Hall–Kier alpha value is -2.63. The van der Waals surface area contributed by atoms with Gasteiger partial charge in [0.05, 0.1) is 18.1 Å². The number of rotatable bonds is 5. The molecule has 7 rings (SSSR count). The van der Waals surface area contributed by atoms with Crippen molar-refractivity contribution in [2.24, 2.45) is 40.6 Å². The molecule has 0 radical (unpaired) electrons. The maximum Gasteiger partial charge on any atom is 0.254 e. The average molecular weight is 467 g/mol. The highest BCUT2D eigenvalue weighted by molar-refractivity contribution is 6.35. The Morgan fingerprint density at radius 3 is 2.38 bits per heavy atom. The molecule has 1 aliphatic heterocycles. The first-order valence-corrected chi connectivity index (χ1v) is 11.5. The van der Waals surface area contributed by atoms with Crippen molar-refractivity contribution in [2.75, 3.05) is 0 Å². The van der Waals surface area contributed by atoms with Crippen LogP contribution in [0.4, 0.5) is 0 Å². The molecule has 1 heterocycles. The molecule has 0 unspecified atom stereocenters. The quantitative estimate of drug-likeness (QED) is 0.355. The normalized spacial score (nSPS) is 31.9. The molecule has 32 heavy (non-hydrogen) atoms. The molecule has 2 bridgehead atoms. The number of carbonyl (C=O) groups is 2. The number of amides is 2. The van der Waals surface area contributed by atoms with Crippen LogP contribution < -0.4 is 4.74 Å². The molecule has 6 atom stereocenters. The zero-order valence-electron chi connectivity index (χ0n) is 17.0. The van der Waals surface area contributed by atoms with E-state index in [0.717, 1.165) is 17.0 Å². The fourth-order valence-corrected chi connectivity index (χ4v) is 6.15. The SMILES string of the molecule is O=C1[C@@H]2[C@H]3C=C[C@@H]([C@@H]4C[C@@H]34)[C@@H]2C(=O)N1/N=C\c1ccccc1OCc1ccc(Cl)cc1Cl. The van der Waals surface area contributed by atoms with E-state index in [4.69, 9.17) is 27.9 Å². The van der Waals surface area contributed by atoms with Crippen LogP contribution in [0.5, 0.6) is 5.75 Å². The summed E-state index contributed by atoms with van der Waals surface area (Å²) in [6.45, 7) is 0.254. The number of halogens is 2. The molecule has 0 spiro atoms. The van der Waals surface area contributed by atoms with Crippen LogP contribution in [0.2, 0.25) is 10.0 Å². The minimum Gasteiger partial charge on any atom is -0.488 e. The van der Waals surface area contributed by atoms with Crippen LogP contribution in [0.3, 0.4) is 0 Å². The second kappa shape index (κ2) is 7.46. The van der Waals surface area contributed by atoms with Crippen molar-refractivity contribution in [1.82, 2.24) is 5.01 Å². The third-order valence-corrected chi connectivity index (χ3v) is 7.86. The molecule has 7 heteroatoms. The lowest BCUT2D eigenvalue weighted by Crippen LogP contribution is -2.40. The van der Waals surface area contributed by atoms with E-state index < -0.39 is 0 Å². The number of nitrogens with zero attached hydrogens (tertiary/aromatic N) is 2. The Balaban J connectivity index is 1.21. The summed E-state index contributed by atoms with van der Waals surface area (Å²) in [5.41, 5.74) is 1.48. The van der Waals surface area contributed by atoms with Crippen LogP contribution in [0, 0.1) is 35.5 Å². The Kier molecular flexibility index (Phi) is 4.67. The van der Waals surface area contributed by atoms with Gasteiger partial charge in [0.2, 0.25) is 0 Å². The third-order valence-electron chi connectivity index (χ3n) is 7.27. The number of para-hydroxylation sites is 1. The van der Waals surface area contributed by atoms with Crippen molar-refractivity contribution < 1.29 is 14.3 Å². The van der Waals surface area contributed by atoms with E-state index >= 15 is 0 Å². The highest BCUT2D eigenvalue weighted by Crippen LogP contribution is 2.65. The topological polar surface area (TPSA) is 59.0 Å². The van der Waals surface area contributed by atoms with Gasteiger partial charge in [-0.2, -0.15) is 10.1 Å². The highest BCUT2D eigenvalue weighted by atomic mass is 35.5. The van der Waals surface area contributed by atoms with E-state index in [1.165, 1.54) is 6.21 Å². The van der Waals surface area contributed by atoms with Gasteiger partial charge < -0.3 is 4.74 Å². The van der Waals surface area contributed by atoms with E-state index in [2.05, 4.69) is 17.3 Å². The summed E-state index contributed by atoms with van der Waals surface area (Å²) in [5.74, 6) is 1.24. The predicted molar refractivity (Wildman–Crippen MR) is 121 cm³/mol. The fourth-order valence-electron chi connectivity index (χ4n) is 5.69. The maximum atomic E-state index is 13.1. The summed E-state index contributed by atoms with van der Waals surface area (Å²) in [5, 5.41) is 6.49. The van der Waals surface area contributed by atoms with Crippen LogP contribution in [0.25, 0.3) is 0 Å². The molecule has 0 aromatic heterocycles. The van der Waals surface area contributed by atoms with Crippen LogP contribution in [0.1, 0.15) is 17.5 Å². The Labute approximate surface area is 195 Å². The van der Waals surface area contributed by atoms with Gasteiger partial charge >= 0.3 is 0 Å². The van der Waals surface area contributed by atoms with Crippen molar-refractivity contribution in [3.05, 3.63) is 75.8 Å². The monoisotopic (exact) mass is 466 g/mol. The largest absolute Gasteiger partial charge is 0.488 e. The molecule has 162 valence electrons. The summed E-state index contributed by atoms with van der Waals surface area (Å²) >= 11 is 12.2. The molecule has 5 nitrogen and oxygen atoms in total. The lowest BCUT2D eigenvalue weighted by atomic mass is 9.63. The second-order valence-electron chi connectivity index (χ2n) is 8.95. The predicted octanol–water partition coefficient (Wildman–Crippen LogP) is 4.96. The number of benzene rings is 2. The lowest BCUT2D eigenvalue weighted by molar-refractivity contribution is -0.140. The molecule has 0 N–H and O–H groups in total. The molecular formula is C25H20Cl2N2O3. The standard InChI is InChI=1S/C25H20Cl2N2O3/c26-15-6-5-14(20(27)9-15)12-32-21-4-2-1-3-13(21)11-28-29-24(30)22-16-7-8-17(19-10-18(16)19)23(22)25(29)31/h1-9,11,16-19,22-23H,10,12H2/b28-11-/t16-,17-,18-,19-,22-,23+/m0/s1. The van der Waals surface area contributed by atoms with Crippen molar-refractivity contribution in [2.45, 2.75) is 13.0 Å². The van der Waals surface area contributed by atoms with Gasteiger partial charge in [-0.25, -0.2) is 0 Å². The Bertz CT molecular complexity index is 1160. The Morgan fingerprint density at radius 2 is 1.69 bits per heavy atom. The third kappa shape index (κ3) is 3.10. The molecule has 2 amide bonds. The molecule has 5 aliphatic rings. The van der Waals surface area contributed by atoms with Gasteiger partial charge in [-0.3, -0.25) is 9.59 Å². The molecule has 2 aromatic carbocycles. The first-order valence-electron chi connectivity index (χ1n) is 10.8. The number of allylic oxidation sites excluding steroid dienone is 2.